The number of hydrogen-bond acceptors (Lipinski definition) is 11. The summed E-state index contributed by atoms with van der Waals surface area (Å²) in [6, 6.07) is 4.76. The zero-order chi connectivity index (χ0) is 42.9. The van der Waals surface area contributed by atoms with Gasteiger partial charge in [0.2, 0.25) is 5.91 Å². The summed E-state index contributed by atoms with van der Waals surface area (Å²) in [5, 5.41) is 8.19. The number of carbonyl (C=O) groups is 5. The molecule has 0 aliphatic carbocycles. The van der Waals surface area contributed by atoms with Gasteiger partial charge in [-0.25, -0.2) is 14.6 Å². The first kappa shape index (κ1) is 51.7. The van der Waals surface area contributed by atoms with E-state index in [4.69, 9.17) is 14.2 Å². The minimum atomic E-state index is -1.34. The highest BCUT2D eigenvalue weighted by Crippen LogP contribution is 2.26. The van der Waals surface area contributed by atoms with Crippen LogP contribution in [0, 0.1) is 5.41 Å². The number of alkyl carbamates (subject to hydrolysis) is 1. The number of carbonyl (C=O) groups excluding carboxylic acids is 5. The maximum absolute atomic E-state index is 13.4. The topological polar surface area (TPSA) is 162 Å². The highest BCUT2D eigenvalue weighted by molar-refractivity contribution is 8.76. The number of rotatable bonds is 29. The van der Waals surface area contributed by atoms with Crippen LogP contribution in [0.5, 0.6) is 0 Å². The second-order valence-electron chi connectivity index (χ2n) is 14.7. The molecule has 14 heteroatoms. The minimum Gasteiger partial charge on any atom is -0.465 e. The summed E-state index contributed by atoms with van der Waals surface area (Å²) in [7, 11) is 3.13. The van der Waals surface area contributed by atoms with Crippen LogP contribution < -0.4 is 16.0 Å². The molecule has 58 heavy (non-hydrogen) atoms. The van der Waals surface area contributed by atoms with E-state index in [0.29, 0.717) is 31.0 Å². The molecule has 0 bridgehead atoms. The summed E-state index contributed by atoms with van der Waals surface area (Å²) >= 11 is 0. The highest BCUT2D eigenvalue weighted by Gasteiger charge is 2.40. The van der Waals surface area contributed by atoms with Crippen molar-refractivity contribution in [2.75, 3.05) is 37.7 Å². The van der Waals surface area contributed by atoms with Gasteiger partial charge in [0.15, 0.2) is 6.10 Å². The van der Waals surface area contributed by atoms with Crippen molar-refractivity contribution >= 4 is 51.4 Å². The van der Waals surface area contributed by atoms with Gasteiger partial charge in [-0.1, -0.05) is 109 Å². The number of pyridine rings is 1. The number of ether oxygens (including phenoxy) is 3. The van der Waals surface area contributed by atoms with E-state index < -0.39 is 41.1 Å². The summed E-state index contributed by atoms with van der Waals surface area (Å²) in [5.41, 5.74) is -1.63. The highest BCUT2D eigenvalue weighted by atomic mass is 33.1. The Morgan fingerprint density at radius 3 is 1.90 bits per heavy atom. The quantitative estimate of drug-likeness (QED) is 0.0233. The first-order valence-corrected chi connectivity index (χ1v) is 22.5. The summed E-state index contributed by atoms with van der Waals surface area (Å²) in [6.07, 6.45) is 27.3. The van der Waals surface area contributed by atoms with Gasteiger partial charge in [0.25, 0.3) is 5.91 Å². The number of unbranched alkanes of at least 4 members (excludes halogenated alkanes) is 1. The van der Waals surface area contributed by atoms with Gasteiger partial charge in [-0.3, -0.25) is 14.4 Å². The standard InChI is InChI=1S/C44H66N4O8S2/c1-7-8-9-10-11-12-13-14-15-16-17-18-19-20-21-22-23-27-38(50)54-35-44(5,6)39(55-41(52)36-26-24-25-29-45-36)40(51)47-30-28-37(49)46-31-33-57-58-34-32-48-42(53)56-43(2,3)4/h8-9,11-12,14-15,17-18,20-21,24-26,29,39H,7,10,13,16,19,22-23,27-28,30-35H2,1-6H3,(H,46,49)(H,47,51)(H,48,53). The molecule has 1 atom stereocenters. The largest absolute Gasteiger partial charge is 0.465 e. The third-order valence-corrected chi connectivity index (χ3v) is 10.1. The van der Waals surface area contributed by atoms with Crippen LogP contribution in [0.2, 0.25) is 0 Å². The molecule has 1 heterocycles. The predicted molar refractivity (Wildman–Crippen MR) is 236 cm³/mol. The molecule has 0 fully saturated rings. The zero-order valence-electron chi connectivity index (χ0n) is 35.3. The van der Waals surface area contributed by atoms with Crippen LogP contribution in [-0.2, 0) is 28.6 Å². The van der Waals surface area contributed by atoms with Crippen LogP contribution in [0.1, 0.15) is 110 Å². The Morgan fingerprint density at radius 2 is 1.33 bits per heavy atom. The molecule has 322 valence electrons. The lowest BCUT2D eigenvalue weighted by Crippen LogP contribution is -2.49. The number of esters is 2. The Hall–Kier alpha value is -4.30. The molecular formula is C44H66N4O8S2. The molecule has 1 rings (SSSR count). The van der Waals surface area contributed by atoms with E-state index in [0.717, 1.165) is 38.5 Å². The van der Waals surface area contributed by atoms with Gasteiger partial charge in [0.1, 0.15) is 17.9 Å². The molecule has 0 aromatic carbocycles. The van der Waals surface area contributed by atoms with Gasteiger partial charge in [-0.15, -0.1) is 0 Å². The number of hydrogen-bond donors (Lipinski definition) is 3. The van der Waals surface area contributed by atoms with Crippen LogP contribution in [0.4, 0.5) is 4.79 Å². The Balaban J connectivity index is 2.46. The maximum atomic E-state index is 13.4. The monoisotopic (exact) mass is 842 g/mol. The van der Waals surface area contributed by atoms with E-state index in [1.54, 1.807) is 68.3 Å². The lowest BCUT2D eigenvalue weighted by molar-refractivity contribution is -0.153. The molecule has 1 aromatic rings. The molecule has 1 unspecified atom stereocenters. The van der Waals surface area contributed by atoms with Crippen molar-refractivity contribution in [2.45, 2.75) is 111 Å². The lowest BCUT2D eigenvalue weighted by Gasteiger charge is -2.32. The molecule has 3 N–H and O–H groups in total. The number of aromatic nitrogens is 1. The van der Waals surface area contributed by atoms with Crippen LogP contribution in [-0.4, -0.2) is 84.3 Å². The van der Waals surface area contributed by atoms with Crippen molar-refractivity contribution in [3.63, 3.8) is 0 Å². The number of amides is 3. The molecule has 0 saturated carbocycles. The molecule has 0 saturated heterocycles. The number of nitrogens with zero attached hydrogens (tertiary/aromatic N) is 1. The maximum Gasteiger partial charge on any atom is 0.407 e. The van der Waals surface area contributed by atoms with Gasteiger partial charge in [0.05, 0.1) is 0 Å². The fraction of sp³-hybridized carbons (Fsp3) is 0.545. The second-order valence-corrected chi connectivity index (χ2v) is 17.4. The predicted octanol–water partition coefficient (Wildman–Crippen LogP) is 8.63. The third-order valence-electron chi connectivity index (χ3n) is 7.66. The fourth-order valence-corrected chi connectivity index (χ4v) is 6.52. The Labute approximate surface area is 354 Å². The van der Waals surface area contributed by atoms with Crippen molar-refractivity contribution in [1.82, 2.24) is 20.9 Å². The summed E-state index contributed by atoms with van der Waals surface area (Å²) in [6.45, 7) is 11.6. The second kappa shape index (κ2) is 31.7. The van der Waals surface area contributed by atoms with Crippen LogP contribution in [0.3, 0.4) is 0 Å². The molecule has 0 radical (unpaired) electrons. The first-order chi connectivity index (χ1) is 27.7. The van der Waals surface area contributed by atoms with Gasteiger partial charge in [0, 0.05) is 55.6 Å². The van der Waals surface area contributed by atoms with E-state index in [2.05, 4.69) is 82.5 Å². The van der Waals surface area contributed by atoms with Crippen molar-refractivity contribution in [2.24, 2.45) is 5.41 Å². The Kier molecular flexibility index (Phi) is 28.2. The molecule has 0 aliphatic heterocycles. The van der Waals surface area contributed by atoms with E-state index in [1.807, 2.05) is 6.08 Å². The van der Waals surface area contributed by atoms with Crippen molar-refractivity contribution in [1.29, 1.82) is 0 Å². The number of allylic oxidation sites excluding steroid dienone is 10. The van der Waals surface area contributed by atoms with E-state index >= 15 is 0 Å². The SMILES string of the molecule is CCC=CCC=CCC=CCC=CCC=CCCCC(=O)OCC(C)(C)C(OC(=O)c1ccccn1)C(=O)NCCC(=O)NCCSSCCNC(=O)OC(C)(C)C. The van der Waals surface area contributed by atoms with Crippen molar-refractivity contribution in [3.8, 4) is 0 Å². The van der Waals surface area contributed by atoms with E-state index in [9.17, 15) is 24.0 Å². The van der Waals surface area contributed by atoms with Crippen LogP contribution in [0.15, 0.2) is 85.2 Å². The smallest absolute Gasteiger partial charge is 0.407 e. The van der Waals surface area contributed by atoms with Gasteiger partial charge >= 0.3 is 18.0 Å². The summed E-state index contributed by atoms with van der Waals surface area (Å²) < 4.78 is 16.4. The molecule has 3 amide bonds. The van der Waals surface area contributed by atoms with Gasteiger partial charge < -0.3 is 30.2 Å². The third kappa shape index (κ3) is 28.2. The normalized spacial score (nSPS) is 12.7. The van der Waals surface area contributed by atoms with E-state index in [1.165, 1.54) is 12.3 Å². The van der Waals surface area contributed by atoms with Crippen molar-refractivity contribution in [3.05, 3.63) is 90.9 Å². The van der Waals surface area contributed by atoms with Gasteiger partial charge in [-0.05, 0) is 77.8 Å². The fourth-order valence-electron chi connectivity index (χ4n) is 4.71. The van der Waals surface area contributed by atoms with E-state index in [-0.39, 0.29) is 37.6 Å². The van der Waals surface area contributed by atoms with Crippen LogP contribution >= 0.6 is 21.6 Å². The van der Waals surface area contributed by atoms with Crippen molar-refractivity contribution < 1.29 is 38.2 Å². The molecule has 12 nitrogen and oxygen atoms in total. The number of nitrogens with one attached hydrogen (secondary N) is 3. The Bertz CT molecular complexity index is 1500. The molecule has 1 aromatic heterocycles. The zero-order valence-corrected chi connectivity index (χ0v) is 36.9. The average molecular weight is 843 g/mol. The Morgan fingerprint density at radius 1 is 0.741 bits per heavy atom. The molecule has 0 aliphatic rings. The van der Waals surface area contributed by atoms with Crippen LogP contribution in [0.25, 0.3) is 0 Å². The lowest BCUT2D eigenvalue weighted by atomic mass is 9.86. The first-order valence-electron chi connectivity index (χ1n) is 20.0. The average Bonchev–Trinajstić information content (AvgIpc) is 3.17. The molecule has 0 spiro atoms. The minimum absolute atomic E-state index is 0.00615. The summed E-state index contributed by atoms with van der Waals surface area (Å²) in [4.78, 5) is 67.1. The summed E-state index contributed by atoms with van der Waals surface area (Å²) in [5.74, 6) is -0.762. The molecular weight excluding hydrogens is 777 g/mol. The van der Waals surface area contributed by atoms with Gasteiger partial charge in [-0.2, -0.15) is 0 Å².